The van der Waals surface area contributed by atoms with E-state index in [4.69, 9.17) is 11.6 Å². The van der Waals surface area contributed by atoms with Crippen molar-refractivity contribution in [2.45, 2.75) is 25.3 Å². The summed E-state index contributed by atoms with van der Waals surface area (Å²) in [6.07, 6.45) is 2.49. The SMILES string of the molecule is N/C(=C\N(N)CCNc1cccc2c1C(=O)N(C1CCC(=O)NC1=O)C2=O)CCBr. The molecule has 1 aromatic carbocycles. The van der Waals surface area contributed by atoms with E-state index in [-0.39, 0.29) is 24.0 Å². The summed E-state index contributed by atoms with van der Waals surface area (Å²) in [5.74, 6) is 3.75. The summed E-state index contributed by atoms with van der Waals surface area (Å²) >= 11 is 3.30. The number of rotatable bonds is 8. The normalized spacial score (nSPS) is 19.1. The molecule has 0 aliphatic carbocycles. The lowest BCUT2D eigenvalue weighted by atomic mass is 10.0. The van der Waals surface area contributed by atoms with E-state index in [0.717, 1.165) is 10.2 Å². The van der Waals surface area contributed by atoms with Crippen LogP contribution >= 0.6 is 15.9 Å². The Labute approximate surface area is 181 Å². The van der Waals surface area contributed by atoms with Gasteiger partial charge in [0.05, 0.1) is 17.7 Å². The lowest BCUT2D eigenvalue weighted by Crippen LogP contribution is -2.54. The zero-order valence-electron chi connectivity index (χ0n) is 16.2. The first-order valence-corrected chi connectivity index (χ1v) is 10.6. The quantitative estimate of drug-likeness (QED) is 0.180. The molecule has 0 radical (unpaired) electrons. The van der Waals surface area contributed by atoms with E-state index in [1.165, 1.54) is 5.01 Å². The van der Waals surface area contributed by atoms with Crippen LogP contribution in [0, 0.1) is 0 Å². The van der Waals surface area contributed by atoms with Gasteiger partial charge in [-0.05, 0) is 25.0 Å². The summed E-state index contributed by atoms with van der Waals surface area (Å²) in [4.78, 5) is 50.3. The summed E-state index contributed by atoms with van der Waals surface area (Å²) in [6, 6.07) is 3.90. The molecule has 3 rings (SSSR count). The number of hydrogen-bond donors (Lipinski definition) is 4. The van der Waals surface area contributed by atoms with Gasteiger partial charge in [0.2, 0.25) is 11.8 Å². The highest BCUT2D eigenvalue weighted by Gasteiger charge is 2.45. The number of alkyl halides is 1. The topological polar surface area (TPSA) is 151 Å². The fourth-order valence-corrected chi connectivity index (χ4v) is 3.89. The van der Waals surface area contributed by atoms with Crippen molar-refractivity contribution in [3.63, 3.8) is 0 Å². The van der Waals surface area contributed by atoms with Crippen molar-refractivity contribution in [3.8, 4) is 0 Å². The number of amides is 4. The number of nitrogens with two attached hydrogens (primary N) is 2. The fourth-order valence-electron chi connectivity index (χ4n) is 3.43. The predicted octanol–water partition coefficient (Wildman–Crippen LogP) is 0.260. The average Bonchev–Trinajstić information content (AvgIpc) is 2.94. The average molecular weight is 479 g/mol. The molecule has 6 N–H and O–H groups in total. The second-order valence-electron chi connectivity index (χ2n) is 6.98. The lowest BCUT2D eigenvalue weighted by Gasteiger charge is -2.27. The monoisotopic (exact) mass is 478 g/mol. The molecule has 1 aromatic rings. The van der Waals surface area contributed by atoms with E-state index in [0.29, 0.717) is 30.9 Å². The molecule has 0 bridgehead atoms. The Morgan fingerprint density at radius 3 is 2.77 bits per heavy atom. The number of nitrogens with zero attached hydrogens (tertiary/aromatic N) is 2. The smallest absolute Gasteiger partial charge is 0.264 e. The molecule has 160 valence electrons. The van der Waals surface area contributed by atoms with Crippen molar-refractivity contribution in [3.05, 3.63) is 41.2 Å². The molecule has 0 spiro atoms. The number of fused-ring (bicyclic) bond motifs is 1. The number of anilines is 1. The van der Waals surface area contributed by atoms with Crippen LogP contribution < -0.4 is 22.2 Å². The summed E-state index contributed by atoms with van der Waals surface area (Å²) in [7, 11) is 0. The highest BCUT2D eigenvalue weighted by Crippen LogP contribution is 2.32. The Balaban J connectivity index is 1.71. The second-order valence-corrected chi connectivity index (χ2v) is 7.78. The molecule has 1 atom stereocenters. The van der Waals surface area contributed by atoms with Gasteiger partial charge in [-0.15, -0.1) is 0 Å². The molecular weight excluding hydrogens is 456 g/mol. The van der Waals surface area contributed by atoms with Gasteiger partial charge in [0, 0.05) is 35.9 Å². The minimum absolute atomic E-state index is 0.0764. The summed E-state index contributed by atoms with van der Waals surface area (Å²) in [6.45, 7) is 0.802. The van der Waals surface area contributed by atoms with Crippen LogP contribution in [0.2, 0.25) is 0 Å². The molecule has 0 aromatic heterocycles. The zero-order chi connectivity index (χ0) is 21.8. The Kier molecular flexibility index (Phi) is 6.73. The van der Waals surface area contributed by atoms with E-state index in [9.17, 15) is 19.2 Å². The van der Waals surface area contributed by atoms with Crippen LogP contribution in [-0.2, 0) is 9.59 Å². The highest BCUT2D eigenvalue weighted by molar-refractivity contribution is 9.09. The minimum atomic E-state index is -0.995. The maximum Gasteiger partial charge on any atom is 0.264 e. The van der Waals surface area contributed by atoms with Gasteiger partial charge in [-0.2, -0.15) is 0 Å². The summed E-state index contributed by atoms with van der Waals surface area (Å²) in [5.41, 5.74) is 7.38. The molecule has 2 aliphatic rings. The van der Waals surface area contributed by atoms with Crippen molar-refractivity contribution in [2.24, 2.45) is 11.6 Å². The number of carbonyl (C=O) groups excluding carboxylic acids is 4. The third-order valence-electron chi connectivity index (χ3n) is 4.87. The van der Waals surface area contributed by atoms with Gasteiger partial charge >= 0.3 is 0 Å². The first-order valence-electron chi connectivity index (χ1n) is 9.45. The summed E-state index contributed by atoms with van der Waals surface area (Å²) in [5, 5.41) is 7.48. The van der Waals surface area contributed by atoms with Gasteiger partial charge in [-0.3, -0.25) is 29.4 Å². The molecule has 4 amide bonds. The first kappa shape index (κ1) is 21.8. The van der Waals surface area contributed by atoms with Crippen LogP contribution in [0.1, 0.15) is 40.0 Å². The molecule has 1 fully saturated rings. The predicted molar refractivity (Wildman–Crippen MR) is 113 cm³/mol. The van der Waals surface area contributed by atoms with Gasteiger partial charge in [0.15, 0.2) is 0 Å². The molecule has 2 heterocycles. The van der Waals surface area contributed by atoms with Gasteiger partial charge < -0.3 is 16.1 Å². The van der Waals surface area contributed by atoms with E-state index in [2.05, 4.69) is 26.6 Å². The molecule has 2 aliphatic heterocycles. The number of piperidine rings is 1. The van der Waals surface area contributed by atoms with Crippen LogP contribution in [0.4, 0.5) is 5.69 Å². The molecule has 10 nitrogen and oxygen atoms in total. The highest BCUT2D eigenvalue weighted by atomic mass is 79.9. The Morgan fingerprint density at radius 1 is 1.30 bits per heavy atom. The lowest BCUT2D eigenvalue weighted by molar-refractivity contribution is -0.136. The van der Waals surface area contributed by atoms with Gasteiger partial charge in [-0.1, -0.05) is 22.0 Å². The third-order valence-corrected chi connectivity index (χ3v) is 5.26. The summed E-state index contributed by atoms with van der Waals surface area (Å²) < 4.78 is 0. The van der Waals surface area contributed by atoms with Crippen LogP contribution in [0.15, 0.2) is 30.1 Å². The third kappa shape index (κ3) is 4.46. The molecule has 1 unspecified atom stereocenters. The second kappa shape index (κ2) is 9.26. The van der Waals surface area contributed by atoms with E-state index in [1.54, 1.807) is 24.4 Å². The van der Waals surface area contributed by atoms with E-state index >= 15 is 0 Å². The Morgan fingerprint density at radius 2 is 2.07 bits per heavy atom. The maximum absolute atomic E-state index is 13.0. The van der Waals surface area contributed by atoms with Crippen molar-refractivity contribution in [1.29, 1.82) is 0 Å². The van der Waals surface area contributed by atoms with Crippen molar-refractivity contribution >= 4 is 45.2 Å². The number of carbonyl (C=O) groups is 4. The number of hydrogen-bond acceptors (Lipinski definition) is 8. The Hall–Kier alpha value is -2.92. The first-order chi connectivity index (χ1) is 14.3. The molecular formula is C19H23BrN6O4. The van der Waals surface area contributed by atoms with Gasteiger partial charge in [0.25, 0.3) is 11.8 Å². The van der Waals surface area contributed by atoms with E-state index in [1.807, 2.05) is 0 Å². The number of halogens is 1. The largest absolute Gasteiger partial charge is 0.401 e. The van der Waals surface area contributed by atoms with E-state index < -0.39 is 29.7 Å². The maximum atomic E-state index is 13.0. The number of hydrazine groups is 1. The van der Waals surface area contributed by atoms with Crippen LogP contribution in [0.3, 0.4) is 0 Å². The van der Waals surface area contributed by atoms with Gasteiger partial charge in [0.1, 0.15) is 6.04 Å². The van der Waals surface area contributed by atoms with Crippen LogP contribution in [0.25, 0.3) is 0 Å². The fraction of sp³-hybridized carbons (Fsp3) is 0.368. The number of benzene rings is 1. The van der Waals surface area contributed by atoms with Crippen molar-refractivity contribution in [1.82, 2.24) is 15.2 Å². The molecule has 1 saturated heterocycles. The standard InChI is InChI=1S/C19H23BrN6O4/c20-7-6-11(21)10-25(22)9-8-23-13-3-1-2-12-16(13)19(30)26(18(12)29)14-4-5-15(27)24-17(14)28/h1-3,10,14,23H,4-9,21-22H2,(H,24,27,28)/b11-10-. The number of nitrogens with one attached hydrogen (secondary N) is 2. The molecule has 0 saturated carbocycles. The number of allylic oxidation sites excluding steroid dienone is 1. The minimum Gasteiger partial charge on any atom is -0.401 e. The molecule has 30 heavy (non-hydrogen) atoms. The molecule has 11 heteroatoms. The number of imide groups is 2. The van der Waals surface area contributed by atoms with Crippen molar-refractivity contribution in [2.75, 3.05) is 23.7 Å². The Bertz CT molecular complexity index is 918. The van der Waals surface area contributed by atoms with Crippen LogP contribution in [0.5, 0.6) is 0 Å². The van der Waals surface area contributed by atoms with Crippen LogP contribution in [-0.4, -0.2) is 58.0 Å². The zero-order valence-corrected chi connectivity index (χ0v) is 17.8. The van der Waals surface area contributed by atoms with Gasteiger partial charge in [-0.25, -0.2) is 5.84 Å². The van der Waals surface area contributed by atoms with Crippen molar-refractivity contribution < 1.29 is 19.2 Å².